The van der Waals surface area contributed by atoms with Gasteiger partial charge in [0.25, 0.3) is 0 Å². The van der Waals surface area contributed by atoms with Gasteiger partial charge in [-0.25, -0.2) is 0 Å². The van der Waals surface area contributed by atoms with Crippen molar-refractivity contribution < 1.29 is 49.4 Å². The van der Waals surface area contributed by atoms with E-state index in [0.717, 1.165) is 13.8 Å². The largest absolute Gasteiger partial charge is 0.544 e. The first-order valence-electron chi connectivity index (χ1n) is 7.04. The van der Waals surface area contributed by atoms with Gasteiger partial charge in [0.1, 0.15) is 30.9 Å². The lowest BCUT2D eigenvalue weighted by Gasteiger charge is -2.46. The number of esters is 1. The molecular formula is C13H20NO10-. The molecule has 1 rings (SSSR count). The predicted molar refractivity (Wildman–Crippen MR) is 71.7 cm³/mol. The van der Waals surface area contributed by atoms with Gasteiger partial charge in [0.2, 0.25) is 11.7 Å². The Bertz CT molecular complexity index is 497. The zero-order valence-corrected chi connectivity index (χ0v) is 13.0. The van der Waals surface area contributed by atoms with E-state index in [4.69, 9.17) is 4.74 Å². The highest BCUT2D eigenvalue weighted by atomic mass is 16.7. The number of amides is 1. The summed E-state index contributed by atoms with van der Waals surface area (Å²) >= 11 is 0. The van der Waals surface area contributed by atoms with Gasteiger partial charge in [-0.3, -0.25) is 9.59 Å². The van der Waals surface area contributed by atoms with E-state index in [1.165, 1.54) is 0 Å². The van der Waals surface area contributed by atoms with E-state index in [9.17, 15) is 39.9 Å². The molecule has 1 heterocycles. The third kappa shape index (κ3) is 4.85. The smallest absolute Gasteiger partial charge is 0.302 e. The molecule has 1 aliphatic rings. The molecule has 0 aromatic carbocycles. The highest BCUT2D eigenvalue weighted by molar-refractivity contribution is 5.74. The number of aliphatic carboxylic acids is 1. The predicted octanol–water partition coefficient (Wildman–Crippen LogP) is -4.64. The minimum atomic E-state index is -2.93. The van der Waals surface area contributed by atoms with E-state index in [1.807, 2.05) is 0 Å². The van der Waals surface area contributed by atoms with Crippen molar-refractivity contribution in [2.24, 2.45) is 0 Å². The van der Waals surface area contributed by atoms with E-state index in [-0.39, 0.29) is 0 Å². The number of carbonyl (C=O) groups is 3. The van der Waals surface area contributed by atoms with Crippen LogP contribution in [0.3, 0.4) is 0 Å². The van der Waals surface area contributed by atoms with Gasteiger partial charge in [-0.15, -0.1) is 0 Å². The highest BCUT2D eigenvalue weighted by Crippen LogP contribution is 2.30. The van der Waals surface area contributed by atoms with Crippen molar-refractivity contribution in [2.45, 2.75) is 56.5 Å². The van der Waals surface area contributed by atoms with E-state index in [0.29, 0.717) is 0 Å². The average Bonchev–Trinajstić information content (AvgIpc) is 2.46. The normalized spacial score (nSPS) is 32.5. The molecule has 0 bridgehead atoms. The standard InChI is InChI=1S/C13H21NO10/c1-5(15)14-9-7(17)3-13(22,12(20)21)24-11(9)10(19)8(18)4-23-6(2)16/h7-11,17-19,22H,3-4H2,1-2H3,(H,14,15)(H,20,21)/p-1/t7-,8+,9+,10+,11+,13?/m0/s1. The number of hydrogen-bond donors (Lipinski definition) is 5. The Morgan fingerprint density at radius 2 is 1.96 bits per heavy atom. The van der Waals surface area contributed by atoms with Gasteiger partial charge < -0.3 is 45.1 Å². The molecule has 0 aliphatic carbocycles. The fourth-order valence-corrected chi connectivity index (χ4v) is 2.32. The molecule has 138 valence electrons. The highest BCUT2D eigenvalue weighted by Gasteiger charge is 2.50. The molecular weight excluding hydrogens is 330 g/mol. The number of carboxylic acids is 1. The summed E-state index contributed by atoms with van der Waals surface area (Å²) < 4.78 is 9.39. The number of hydrogen-bond acceptors (Lipinski definition) is 10. The maximum Gasteiger partial charge on any atom is 0.302 e. The summed E-state index contributed by atoms with van der Waals surface area (Å²) in [7, 11) is 0. The lowest BCUT2D eigenvalue weighted by molar-refractivity contribution is -0.374. The quantitative estimate of drug-likeness (QED) is 0.292. The molecule has 0 aromatic rings. The second-order valence-electron chi connectivity index (χ2n) is 5.51. The van der Waals surface area contributed by atoms with Crippen molar-refractivity contribution in [1.29, 1.82) is 0 Å². The zero-order valence-electron chi connectivity index (χ0n) is 13.0. The van der Waals surface area contributed by atoms with Crippen LogP contribution >= 0.6 is 0 Å². The van der Waals surface area contributed by atoms with E-state index < -0.39 is 67.1 Å². The number of carboxylic acid groups (broad SMARTS) is 1. The molecule has 0 spiro atoms. The topological polar surface area (TPSA) is 186 Å². The van der Waals surface area contributed by atoms with Crippen molar-refractivity contribution in [2.75, 3.05) is 6.61 Å². The first-order chi connectivity index (χ1) is 11.0. The Morgan fingerprint density at radius 1 is 1.38 bits per heavy atom. The van der Waals surface area contributed by atoms with Crippen molar-refractivity contribution >= 4 is 17.8 Å². The molecule has 1 aliphatic heterocycles. The summed E-state index contributed by atoms with van der Waals surface area (Å²) in [5.41, 5.74) is 0. The van der Waals surface area contributed by atoms with Crippen LogP contribution in [-0.2, 0) is 23.9 Å². The Labute approximate surface area is 136 Å². The molecule has 1 saturated heterocycles. The Kier molecular flexibility index (Phi) is 6.63. The van der Waals surface area contributed by atoms with Crippen molar-refractivity contribution in [3.8, 4) is 0 Å². The lowest BCUT2D eigenvalue weighted by atomic mass is 9.88. The van der Waals surface area contributed by atoms with E-state index in [2.05, 4.69) is 10.1 Å². The first kappa shape index (κ1) is 20.3. The van der Waals surface area contributed by atoms with Gasteiger partial charge in [-0.2, -0.15) is 0 Å². The molecule has 1 fully saturated rings. The van der Waals surface area contributed by atoms with Crippen molar-refractivity contribution in [3.05, 3.63) is 0 Å². The van der Waals surface area contributed by atoms with Gasteiger partial charge in [0.15, 0.2) is 0 Å². The van der Waals surface area contributed by atoms with Gasteiger partial charge in [0, 0.05) is 20.3 Å². The van der Waals surface area contributed by atoms with Crippen LogP contribution < -0.4 is 10.4 Å². The maximum absolute atomic E-state index is 11.2. The summed E-state index contributed by atoms with van der Waals surface area (Å²) in [6, 6.07) is -1.33. The summed E-state index contributed by atoms with van der Waals surface area (Å²) in [5.74, 6) is -6.36. The molecule has 1 amide bonds. The SMILES string of the molecule is CC(=O)N[C@H]1[C@H]([C@H](O)[C@H](O)COC(C)=O)OC(O)(C(=O)[O-])C[C@@H]1O. The van der Waals surface area contributed by atoms with E-state index in [1.54, 1.807) is 0 Å². The van der Waals surface area contributed by atoms with Crippen LogP contribution in [0.1, 0.15) is 20.3 Å². The third-order valence-corrected chi connectivity index (χ3v) is 3.46. The minimum Gasteiger partial charge on any atom is -0.544 e. The number of aliphatic hydroxyl groups excluding tert-OH is 3. The Hall–Kier alpha value is -1.79. The lowest BCUT2D eigenvalue weighted by Crippen LogP contribution is -2.68. The van der Waals surface area contributed by atoms with Crippen LogP contribution in [0.25, 0.3) is 0 Å². The van der Waals surface area contributed by atoms with Crippen LogP contribution in [0.4, 0.5) is 0 Å². The Balaban J connectivity index is 3.01. The molecule has 6 atom stereocenters. The van der Waals surface area contributed by atoms with Gasteiger partial charge in [0.05, 0.1) is 12.1 Å². The van der Waals surface area contributed by atoms with Crippen LogP contribution in [0.5, 0.6) is 0 Å². The van der Waals surface area contributed by atoms with Crippen LogP contribution in [0, 0.1) is 0 Å². The van der Waals surface area contributed by atoms with E-state index >= 15 is 0 Å². The second-order valence-corrected chi connectivity index (χ2v) is 5.51. The van der Waals surface area contributed by atoms with Gasteiger partial charge in [-0.1, -0.05) is 0 Å². The fourth-order valence-electron chi connectivity index (χ4n) is 2.32. The van der Waals surface area contributed by atoms with Crippen LogP contribution in [-0.4, -0.2) is 81.1 Å². The number of carbonyl (C=O) groups excluding carboxylic acids is 3. The summed E-state index contributed by atoms with van der Waals surface area (Å²) in [6.07, 6.45) is -7.80. The molecule has 24 heavy (non-hydrogen) atoms. The Morgan fingerprint density at radius 3 is 2.42 bits per heavy atom. The molecule has 0 saturated carbocycles. The first-order valence-corrected chi connectivity index (χ1v) is 7.04. The molecule has 1 unspecified atom stereocenters. The molecule has 11 nitrogen and oxygen atoms in total. The number of rotatable bonds is 6. The number of nitrogens with one attached hydrogen (secondary N) is 1. The second kappa shape index (κ2) is 7.85. The van der Waals surface area contributed by atoms with Crippen LogP contribution in [0.15, 0.2) is 0 Å². The molecule has 0 aromatic heterocycles. The monoisotopic (exact) mass is 350 g/mol. The minimum absolute atomic E-state index is 0.631. The van der Waals surface area contributed by atoms with Gasteiger partial charge >= 0.3 is 5.97 Å². The number of aliphatic hydroxyl groups is 4. The molecule has 11 heteroatoms. The van der Waals surface area contributed by atoms with Gasteiger partial charge in [-0.05, 0) is 0 Å². The van der Waals surface area contributed by atoms with Crippen molar-refractivity contribution in [3.63, 3.8) is 0 Å². The summed E-state index contributed by atoms with van der Waals surface area (Å²) in [4.78, 5) is 33.0. The average molecular weight is 350 g/mol. The summed E-state index contributed by atoms with van der Waals surface area (Å²) in [5, 5.41) is 53.0. The van der Waals surface area contributed by atoms with Crippen LogP contribution in [0.2, 0.25) is 0 Å². The zero-order chi connectivity index (χ0) is 18.7. The van der Waals surface area contributed by atoms with Crippen molar-refractivity contribution in [1.82, 2.24) is 5.32 Å². The maximum atomic E-state index is 11.2. The fraction of sp³-hybridized carbons (Fsp3) is 0.769. The summed E-state index contributed by atoms with van der Waals surface area (Å²) in [6.45, 7) is 1.52. The molecule has 5 N–H and O–H groups in total. The third-order valence-electron chi connectivity index (χ3n) is 3.46. The molecule has 0 radical (unpaired) electrons. The number of ether oxygens (including phenoxy) is 2.